The minimum atomic E-state index is -3.69. The first-order valence-corrected chi connectivity index (χ1v) is 12.3. The third-order valence-electron chi connectivity index (χ3n) is 5.31. The second-order valence-corrected chi connectivity index (χ2v) is 9.70. The van der Waals surface area contributed by atoms with E-state index in [1.807, 2.05) is 6.07 Å². The Hall–Kier alpha value is -2.79. The molecule has 0 spiro atoms. The van der Waals surface area contributed by atoms with Gasteiger partial charge in [0, 0.05) is 49.8 Å². The molecule has 1 aliphatic rings. The molecule has 3 aromatic rings. The van der Waals surface area contributed by atoms with Crippen molar-refractivity contribution in [2.24, 2.45) is 5.73 Å². The van der Waals surface area contributed by atoms with Crippen molar-refractivity contribution in [3.05, 3.63) is 66.2 Å². The van der Waals surface area contributed by atoms with Crippen LogP contribution in [0.2, 0.25) is 0 Å². The number of anilines is 2. The summed E-state index contributed by atoms with van der Waals surface area (Å²) in [5.41, 5.74) is 8.20. The third-order valence-corrected chi connectivity index (χ3v) is 6.98. The Balaban J connectivity index is 0.00000324. The number of halogens is 2. The minimum absolute atomic E-state index is 0. The molecule has 1 fully saturated rings. The quantitative estimate of drug-likeness (QED) is 0.479. The van der Waals surface area contributed by atoms with Gasteiger partial charge in [-0.05, 0) is 41.5 Å². The molecule has 1 aromatic heterocycles. The predicted octanol–water partition coefficient (Wildman–Crippen LogP) is 2.89. The lowest BCUT2D eigenvalue weighted by Gasteiger charge is -2.29. The van der Waals surface area contributed by atoms with Crippen molar-refractivity contribution in [3.8, 4) is 11.1 Å². The highest BCUT2D eigenvalue weighted by atomic mass is 35.5. The molecule has 0 radical (unpaired) electrons. The van der Waals surface area contributed by atoms with Crippen LogP contribution in [0.1, 0.15) is 5.56 Å². The molecule has 0 aliphatic carbocycles. The predicted molar refractivity (Wildman–Crippen MR) is 133 cm³/mol. The Morgan fingerprint density at radius 1 is 1.03 bits per heavy atom. The van der Waals surface area contributed by atoms with Gasteiger partial charge in [-0.2, -0.15) is 0 Å². The summed E-state index contributed by atoms with van der Waals surface area (Å²) < 4.78 is 45.3. The second kappa shape index (κ2) is 11.6. The van der Waals surface area contributed by atoms with Crippen LogP contribution < -0.4 is 16.0 Å². The zero-order valence-corrected chi connectivity index (χ0v) is 20.1. The van der Waals surface area contributed by atoms with Crippen molar-refractivity contribution in [3.63, 3.8) is 0 Å². The molecular weight excluding hydrogens is 481 g/mol. The zero-order valence-electron chi connectivity index (χ0n) is 18.5. The van der Waals surface area contributed by atoms with Crippen LogP contribution in [0.4, 0.5) is 16.0 Å². The zero-order chi connectivity index (χ0) is 23.3. The van der Waals surface area contributed by atoms with E-state index in [1.54, 1.807) is 24.5 Å². The van der Waals surface area contributed by atoms with E-state index in [2.05, 4.69) is 20.2 Å². The van der Waals surface area contributed by atoms with Gasteiger partial charge in [0.2, 0.25) is 5.95 Å². The van der Waals surface area contributed by atoms with Gasteiger partial charge >= 0.3 is 0 Å². The van der Waals surface area contributed by atoms with Gasteiger partial charge in [0.05, 0.1) is 23.9 Å². The van der Waals surface area contributed by atoms with Crippen molar-refractivity contribution < 1.29 is 17.5 Å². The summed E-state index contributed by atoms with van der Waals surface area (Å²) in [6.07, 6.45) is 3.31. The molecule has 3 N–H and O–H groups in total. The van der Waals surface area contributed by atoms with E-state index in [0.29, 0.717) is 62.0 Å². The van der Waals surface area contributed by atoms with Crippen LogP contribution in [0, 0.1) is 5.82 Å². The van der Waals surface area contributed by atoms with Crippen LogP contribution in [0.15, 0.2) is 59.8 Å². The molecule has 2 heterocycles. The lowest BCUT2D eigenvalue weighted by Crippen LogP contribution is -2.36. The monoisotopic (exact) mass is 507 g/mol. The van der Waals surface area contributed by atoms with E-state index in [4.69, 9.17) is 10.5 Å². The molecule has 0 amide bonds. The standard InChI is InChI=1S/C23H26FN5O3S.ClH/c24-20-3-1-17(2-4-20)16-33(30,31)22-12-18(11-21(13-22)29-7-9-32-10-8-29)19-14-27-23(28-15-19)26-6-5-25;/h1-4,11-15H,5-10,16,25H2,(H,26,27,28);1H. The van der Waals surface area contributed by atoms with E-state index >= 15 is 0 Å². The summed E-state index contributed by atoms with van der Waals surface area (Å²) in [6.45, 7) is 3.50. The molecule has 2 aromatic carbocycles. The maximum Gasteiger partial charge on any atom is 0.222 e. The molecule has 8 nitrogen and oxygen atoms in total. The van der Waals surface area contributed by atoms with Crippen LogP contribution in [0.5, 0.6) is 0 Å². The third kappa shape index (κ3) is 6.41. The second-order valence-electron chi connectivity index (χ2n) is 7.71. The molecule has 0 atom stereocenters. The molecule has 0 saturated carbocycles. The Kier molecular flexibility index (Phi) is 8.78. The number of nitrogens with one attached hydrogen (secondary N) is 1. The van der Waals surface area contributed by atoms with E-state index < -0.39 is 15.7 Å². The largest absolute Gasteiger partial charge is 0.378 e. The molecule has 11 heteroatoms. The number of aromatic nitrogens is 2. The number of nitrogens with two attached hydrogens (primary N) is 1. The van der Waals surface area contributed by atoms with Crippen LogP contribution in [-0.4, -0.2) is 57.8 Å². The molecule has 1 saturated heterocycles. The van der Waals surface area contributed by atoms with Gasteiger partial charge in [-0.1, -0.05) is 12.1 Å². The summed E-state index contributed by atoms with van der Waals surface area (Å²) in [7, 11) is -3.69. The number of ether oxygens (including phenoxy) is 1. The SMILES string of the molecule is Cl.NCCNc1ncc(-c2cc(N3CCOCC3)cc(S(=O)(=O)Cc3ccc(F)cc3)c2)cn1. The van der Waals surface area contributed by atoms with Crippen molar-refractivity contribution in [2.45, 2.75) is 10.6 Å². The van der Waals surface area contributed by atoms with Gasteiger partial charge in [-0.3, -0.25) is 0 Å². The van der Waals surface area contributed by atoms with Gasteiger partial charge in [0.15, 0.2) is 9.84 Å². The normalized spacial score (nSPS) is 13.9. The Labute approximate surface area is 204 Å². The van der Waals surface area contributed by atoms with Crippen LogP contribution in [-0.2, 0) is 20.3 Å². The van der Waals surface area contributed by atoms with Gasteiger partial charge in [0.25, 0.3) is 0 Å². The van der Waals surface area contributed by atoms with Crippen molar-refractivity contribution in [1.82, 2.24) is 9.97 Å². The number of morpholine rings is 1. The maximum atomic E-state index is 13.3. The number of hydrogen-bond acceptors (Lipinski definition) is 8. The molecule has 34 heavy (non-hydrogen) atoms. The van der Waals surface area contributed by atoms with Crippen molar-refractivity contribution in [2.75, 3.05) is 49.6 Å². The van der Waals surface area contributed by atoms with Crippen molar-refractivity contribution >= 4 is 33.9 Å². The van der Waals surface area contributed by atoms with Crippen LogP contribution >= 0.6 is 12.4 Å². The Bertz CT molecular complexity index is 1190. The molecule has 1 aliphatic heterocycles. The summed E-state index contributed by atoms with van der Waals surface area (Å²) in [5.74, 6) is -0.174. The Morgan fingerprint density at radius 3 is 2.35 bits per heavy atom. The van der Waals surface area contributed by atoms with E-state index in [-0.39, 0.29) is 23.1 Å². The van der Waals surface area contributed by atoms with E-state index in [0.717, 1.165) is 5.69 Å². The lowest BCUT2D eigenvalue weighted by atomic mass is 10.1. The maximum absolute atomic E-state index is 13.3. The summed E-state index contributed by atoms with van der Waals surface area (Å²) in [4.78, 5) is 10.9. The summed E-state index contributed by atoms with van der Waals surface area (Å²) >= 11 is 0. The topological polar surface area (TPSA) is 110 Å². The number of rotatable bonds is 8. The van der Waals surface area contributed by atoms with Gasteiger partial charge in [-0.25, -0.2) is 22.8 Å². The fourth-order valence-electron chi connectivity index (χ4n) is 3.57. The highest BCUT2D eigenvalue weighted by molar-refractivity contribution is 7.90. The summed E-state index contributed by atoms with van der Waals surface area (Å²) in [5, 5.41) is 3.01. The highest BCUT2D eigenvalue weighted by Gasteiger charge is 2.21. The average Bonchev–Trinajstić information content (AvgIpc) is 2.84. The molecular formula is C23H27ClFN5O3S. The van der Waals surface area contributed by atoms with E-state index in [1.165, 1.54) is 24.3 Å². The average molecular weight is 508 g/mol. The summed E-state index contributed by atoms with van der Waals surface area (Å²) in [6, 6.07) is 10.8. The van der Waals surface area contributed by atoms with Crippen molar-refractivity contribution in [1.29, 1.82) is 0 Å². The van der Waals surface area contributed by atoms with Gasteiger partial charge < -0.3 is 20.7 Å². The first-order chi connectivity index (χ1) is 15.9. The van der Waals surface area contributed by atoms with E-state index in [9.17, 15) is 12.8 Å². The lowest BCUT2D eigenvalue weighted by molar-refractivity contribution is 0.122. The van der Waals surface area contributed by atoms with Gasteiger partial charge in [0.1, 0.15) is 5.82 Å². The number of benzene rings is 2. The molecule has 0 unspecified atom stereocenters. The van der Waals surface area contributed by atoms with Crippen LogP contribution in [0.25, 0.3) is 11.1 Å². The number of sulfone groups is 1. The fraction of sp³-hybridized carbons (Fsp3) is 0.304. The number of nitrogens with zero attached hydrogens (tertiary/aromatic N) is 3. The van der Waals surface area contributed by atoms with Crippen LogP contribution in [0.3, 0.4) is 0 Å². The number of hydrogen-bond donors (Lipinski definition) is 2. The highest BCUT2D eigenvalue weighted by Crippen LogP contribution is 2.30. The Morgan fingerprint density at radius 2 is 1.71 bits per heavy atom. The van der Waals surface area contributed by atoms with Gasteiger partial charge in [-0.15, -0.1) is 12.4 Å². The molecule has 0 bridgehead atoms. The minimum Gasteiger partial charge on any atom is -0.378 e. The fourth-order valence-corrected chi connectivity index (χ4v) is 4.97. The first-order valence-electron chi connectivity index (χ1n) is 10.7. The molecule has 182 valence electrons. The molecule has 4 rings (SSSR count). The smallest absolute Gasteiger partial charge is 0.222 e. The first kappa shape index (κ1) is 25.8.